The summed E-state index contributed by atoms with van der Waals surface area (Å²) in [5.41, 5.74) is 2.30. The van der Waals surface area contributed by atoms with Gasteiger partial charge in [0.15, 0.2) is 0 Å². The van der Waals surface area contributed by atoms with Crippen LogP contribution in [0.25, 0.3) is 0 Å². The highest BCUT2D eigenvalue weighted by Crippen LogP contribution is 2.19. The Morgan fingerprint density at radius 3 is 2.45 bits per heavy atom. The van der Waals surface area contributed by atoms with E-state index in [0.29, 0.717) is 12.1 Å². The number of pyridine rings is 1. The van der Waals surface area contributed by atoms with E-state index >= 15 is 0 Å². The second-order valence-electron chi connectivity index (χ2n) is 5.45. The molecule has 1 aliphatic rings. The molecule has 2 aromatic rings. The minimum absolute atomic E-state index is 0.306. The van der Waals surface area contributed by atoms with Crippen LogP contribution in [0.5, 0.6) is 0 Å². The van der Waals surface area contributed by atoms with Crippen LogP contribution in [0, 0.1) is 0 Å². The highest BCUT2D eigenvalue weighted by Gasteiger charge is 2.12. The molecule has 0 radical (unpaired) electrons. The summed E-state index contributed by atoms with van der Waals surface area (Å²) in [5, 5.41) is 12.2. The Morgan fingerprint density at radius 2 is 1.86 bits per heavy atom. The summed E-state index contributed by atoms with van der Waals surface area (Å²) in [6.45, 7) is 2.83. The van der Waals surface area contributed by atoms with Gasteiger partial charge in [0.25, 0.3) is 0 Å². The van der Waals surface area contributed by atoms with Crippen molar-refractivity contribution in [2.75, 3.05) is 23.3 Å². The Hall–Kier alpha value is -2.56. The first kappa shape index (κ1) is 14.4. The lowest BCUT2D eigenvalue weighted by molar-refractivity contribution is 0.0697. The average Bonchev–Trinajstić information content (AvgIpc) is 3.08. The fraction of sp³-hybridized carbons (Fsp3) is 0.294. The summed E-state index contributed by atoms with van der Waals surface area (Å²) >= 11 is 0. The number of hydrogen-bond acceptors (Lipinski definition) is 4. The number of benzene rings is 1. The number of aromatic carboxylic acids is 1. The second kappa shape index (κ2) is 6.47. The minimum atomic E-state index is -0.902. The predicted molar refractivity (Wildman–Crippen MR) is 86.4 cm³/mol. The van der Waals surface area contributed by atoms with E-state index < -0.39 is 5.97 Å². The summed E-state index contributed by atoms with van der Waals surface area (Å²) in [5.74, 6) is 0.134. The number of carbonyl (C=O) groups is 1. The van der Waals surface area contributed by atoms with Gasteiger partial charge in [0, 0.05) is 19.6 Å². The molecule has 0 spiro atoms. The number of anilines is 2. The van der Waals surface area contributed by atoms with E-state index in [2.05, 4.69) is 15.2 Å². The zero-order valence-corrected chi connectivity index (χ0v) is 12.3. The summed E-state index contributed by atoms with van der Waals surface area (Å²) in [6, 6.07) is 11.0. The molecule has 1 aromatic heterocycles. The van der Waals surface area contributed by atoms with E-state index in [1.54, 1.807) is 12.1 Å². The van der Waals surface area contributed by atoms with Crippen LogP contribution in [0.1, 0.15) is 28.8 Å². The molecule has 114 valence electrons. The maximum atomic E-state index is 10.8. The van der Waals surface area contributed by atoms with Crippen LogP contribution >= 0.6 is 0 Å². The summed E-state index contributed by atoms with van der Waals surface area (Å²) in [6.07, 6.45) is 4.33. The molecule has 5 heteroatoms. The van der Waals surface area contributed by atoms with Crippen molar-refractivity contribution in [1.29, 1.82) is 0 Å². The third-order valence-electron chi connectivity index (χ3n) is 3.88. The molecule has 0 saturated carbocycles. The molecule has 1 aromatic carbocycles. The van der Waals surface area contributed by atoms with Crippen LogP contribution in [-0.4, -0.2) is 29.1 Å². The van der Waals surface area contributed by atoms with Crippen molar-refractivity contribution in [1.82, 2.24) is 4.98 Å². The van der Waals surface area contributed by atoms with Crippen LogP contribution in [0.4, 0.5) is 11.5 Å². The fourth-order valence-electron chi connectivity index (χ4n) is 2.59. The summed E-state index contributed by atoms with van der Waals surface area (Å²) < 4.78 is 0. The minimum Gasteiger partial charge on any atom is -0.478 e. The zero-order chi connectivity index (χ0) is 15.4. The van der Waals surface area contributed by atoms with Crippen molar-refractivity contribution in [3.63, 3.8) is 0 Å². The fourth-order valence-corrected chi connectivity index (χ4v) is 2.59. The van der Waals surface area contributed by atoms with Crippen molar-refractivity contribution in [2.45, 2.75) is 19.4 Å². The van der Waals surface area contributed by atoms with Crippen LogP contribution in [0.3, 0.4) is 0 Å². The lowest BCUT2D eigenvalue weighted by atomic mass is 10.1. The number of nitrogens with zero attached hydrogens (tertiary/aromatic N) is 2. The standard InChI is InChI=1S/C17H19N3O2/c21-17(22)14-5-3-13(4-6-14)11-18-15-7-8-16(19-12-15)20-9-1-2-10-20/h3-8,12,18H,1-2,9-11H2,(H,21,22). The van der Waals surface area contributed by atoms with Gasteiger partial charge in [-0.2, -0.15) is 0 Å². The number of nitrogens with one attached hydrogen (secondary N) is 1. The third kappa shape index (κ3) is 3.36. The number of carboxylic acids is 1. The van der Waals surface area contributed by atoms with E-state index in [9.17, 15) is 4.79 Å². The van der Waals surface area contributed by atoms with E-state index in [4.69, 9.17) is 5.11 Å². The second-order valence-corrected chi connectivity index (χ2v) is 5.45. The molecular weight excluding hydrogens is 278 g/mol. The maximum Gasteiger partial charge on any atom is 0.335 e. The van der Waals surface area contributed by atoms with Crippen molar-refractivity contribution in [3.8, 4) is 0 Å². The Labute approximate surface area is 129 Å². The van der Waals surface area contributed by atoms with Gasteiger partial charge in [0.2, 0.25) is 0 Å². The van der Waals surface area contributed by atoms with Gasteiger partial charge in [0.05, 0.1) is 17.4 Å². The van der Waals surface area contributed by atoms with E-state index in [0.717, 1.165) is 30.2 Å². The van der Waals surface area contributed by atoms with Gasteiger partial charge in [-0.05, 0) is 42.7 Å². The monoisotopic (exact) mass is 297 g/mol. The van der Waals surface area contributed by atoms with Gasteiger partial charge < -0.3 is 15.3 Å². The number of hydrogen-bond donors (Lipinski definition) is 2. The molecule has 1 saturated heterocycles. The Morgan fingerprint density at radius 1 is 1.14 bits per heavy atom. The molecule has 5 nitrogen and oxygen atoms in total. The molecule has 0 aliphatic carbocycles. The predicted octanol–water partition coefficient (Wildman–Crippen LogP) is 2.99. The molecule has 2 N–H and O–H groups in total. The average molecular weight is 297 g/mol. The normalized spacial score (nSPS) is 14.1. The van der Waals surface area contributed by atoms with Crippen molar-refractivity contribution in [3.05, 3.63) is 53.7 Å². The molecule has 0 bridgehead atoms. The molecule has 1 aliphatic heterocycles. The van der Waals surface area contributed by atoms with Crippen molar-refractivity contribution < 1.29 is 9.90 Å². The van der Waals surface area contributed by atoms with Gasteiger partial charge >= 0.3 is 5.97 Å². The van der Waals surface area contributed by atoms with E-state index in [1.807, 2.05) is 30.5 Å². The number of rotatable bonds is 5. The lowest BCUT2D eigenvalue weighted by Gasteiger charge is -2.16. The zero-order valence-electron chi connectivity index (χ0n) is 12.3. The van der Waals surface area contributed by atoms with Crippen LogP contribution in [0.15, 0.2) is 42.6 Å². The molecule has 0 amide bonds. The van der Waals surface area contributed by atoms with Gasteiger partial charge in [0.1, 0.15) is 5.82 Å². The number of carboxylic acid groups (broad SMARTS) is 1. The molecule has 1 fully saturated rings. The van der Waals surface area contributed by atoms with Crippen molar-refractivity contribution in [2.24, 2.45) is 0 Å². The van der Waals surface area contributed by atoms with Crippen LogP contribution in [0.2, 0.25) is 0 Å². The molecule has 0 unspecified atom stereocenters. The molecular formula is C17H19N3O2. The Kier molecular flexibility index (Phi) is 4.23. The van der Waals surface area contributed by atoms with Crippen molar-refractivity contribution >= 4 is 17.5 Å². The van der Waals surface area contributed by atoms with Crippen LogP contribution < -0.4 is 10.2 Å². The first-order valence-corrected chi connectivity index (χ1v) is 7.49. The topological polar surface area (TPSA) is 65.5 Å². The first-order valence-electron chi connectivity index (χ1n) is 7.49. The lowest BCUT2D eigenvalue weighted by Crippen LogP contribution is -2.18. The quantitative estimate of drug-likeness (QED) is 0.888. The summed E-state index contributed by atoms with van der Waals surface area (Å²) in [7, 11) is 0. The largest absolute Gasteiger partial charge is 0.478 e. The van der Waals surface area contributed by atoms with Gasteiger partial charge in [-0.1, -0.05) is 12.1 Å². The van der Waals surface area contributed by atoms with Gasteiger partial charge in [-0.15, -0.1) is 0 Å². The molecule has 0 atom stereocenters. The van der Waals surface area contributed by atoms with Gasteiger partial charge in [-0.3, -0.25) is 0 Å². The Balaban J connectivity index is 1.57. The third-order valence-corrected chi connectivity index (χ3v) is 3.88. The first-order chi connectivity index (χ1) is 10.7. The number of aromatic nitrogens is 1. The smallest absolute Gasteiger partial charge is 0.335 e. The summed E-state index contributed by atoms with van der Waals surface area (Å²) in [4.78, 5) is 17.6. The Bertz CT molecular complexity index is 632. The highest BCUT2D eigenvalue weighted by atomic mass is 16.4. The van der Waals surface area contributed by atoms with Crippen LogP contribution in [-0.2, 0) is 6.54 Å². The highest BCUT2D eigenvalue weighted by molar-refractivity contribution is 5.87. The SMILES string of the molecule is O=C(O)c1ccc(CNc2ccc(N3CCCC3)nc2)cc1. The molecule has 3 rings (SSSR count). The molecule has 22 heavy (non-hydrogen) atoms. The van der Waals surface area contributed by atoms with E-state index in [1.165, 1.54) is 12.8 Å². The molecule has 2 heterocycles. The van der Waals surface area contributed by atoms with E-state index in [-0.39, 0.29) is 0 Å². The van der Waals surface area contributed by atoms with Gasteiger partial charge in [-0.25, -0.2) is 9.78 Å². The maximum absolute atomic E-state index is 10.8.